The minimum Gasteiger partial charge on any atom is -0.354 e. The third kappa shape index (κ3) is 9.88. The molecule has 2 aromatic carbocycles. The minimum atomic E-state index is -4.65. The average molecular weight is 611 g/mol. The fourth-order valence-electron chi connectivity index (χ4n) is 3.71. The predicted molar refractivity (Wildman–Crippen MR) is 147 cm³/mol. The topological polar surface area (TPSA) is 86.8 Å². The minimum absolute atomic E-state index is 0.00544. The number of anilines is 1. The van der Waals surface area contributed by atoms with Gasteiger partial charge < -0.3 is 10.2 Å². The molecule has 0 saturated heterocycles. The van der Waals surface area contributed by atoms with Crippen LogP contribution in [0.15, 0.2) is 42.5 Å². The van der Waals surface area contributed by atoms with E-state index >= 15 is 0 Å². The van der Waals surface area contributed by atoms with E-state index in [0.29, 0.717) is 22.2 Å². The number of nitrogens with zero attached hydrogens (tertiary/aromatic N) is 2. The van der Waals surface area contributed by atoms with Gasteiger partial charge in [-0.2, -0.15) is 13.2 Å². The summed E-state index contributed by atoms with van der Waals surface area (Å²) in [6, 6.07) is 7.86. The number of carbonyl (C=O) groups excluding carboxylic acids is 2. The quantitative estimate of drug-likeness (QED) is 0.332. The van der Waals surface area contributed by atoms with Gasteiger partial charge in [0.1, 0.15) is 6.04 Å². The summed E-state index contributed by atoms with van der Waals surface area (Å²) in [5.41, 5.74) is -0.595. The molecule has 0 aliphatic rings. The lowest BCUT2D eigenvalue weighted by atomic mass is 10.1. The Morgan fingerprint density at radius 2 is 1.72 bits per heavy atom. The van der Waals surface area contributed by atoms with E-state index in [4.69, 9.17) is 23.2 Å². The highest BCUT2D eigenvalue weighted by atomic mass is 35.5. The number of benzene rings is 2. The molecule has 0 bridgehead atoms. The molecular weight excluding hydrogens is 578 g/mol. The molecule has 7 nitrogen and oxygen atoms in total. The number of nitrogens with one attached hydrogen (secondary N) is 1. The molecule has 1 atom stereocenters. The largest absolute Gasteiger partial charge is 0.416 e. The van der Waals surface area contributed by atoms with Crippen molar-refractivity contribution in [1.82, 2.24) is 10.2 Å². The first kappa shape index (κ1) is 32.7. The summed E-state index contributed by atoms with van der Waals surface area (Å²) in [4.78, 5) is 27.5. The maximum Gasteiger partial charge on any atom is 0.416 e. The molecule has 0 fully saturated rings. The van der Waals surface area contributed by atoms with Crippen molar-refractivity contribution in [2.24, 2.45) is 5.92 Å². The summed E-state index contributed by atoms with van der Waals surface area (Å²) in [6.07, 6.45) is -3.94. The van der Waals surface area contributed by atoms with Gasteiger partial charge in [-0.25, -0.2) is 8.42 Å². The smallest absolute Gasteiger partial charge is 0.354 e. The number of rotatable bonds is 12. The molecule has 0 aliphatic heterocycles. The van der Waals surface area contributed by atoms with Crippen molar-refractivity contribution in [1.29, 1.82) is 0 Å². The van der Waals surface area contributed by atoms with Crippen LogP contribution in [0.1, 0.15) is 44.7 Å². The van der Waals surface area contributed by atoms with Crippen LogP contribution in [0.4, 0.5) is 18.9 Å². The zero-order chi connectivity index (χ0) is 29.5. The first-order chi connectivity index (χ1) is 18.0. The summed E-state index contributed by atoms with van der Waals surface area (Å²) in [7, 11) is -3.95. The molecule has 2 aromatic rings. The van der Waals surface area contributed by atoms with Crippen molar-refractivity contribution in [3.8, 4) is 0 Å². The van der Waals surface area contributed by atoms with Crippen molar-refractivity contribution in [3.63, 3.8) is 0 Å². The zero-order valence-corrected chi connectivity index (χ0v) is 24.4. The second-order valence-corrected chi connectivity index (χ2v) is 12.3. The first-order valence-corrected chi connectivity index (χ1v) is 14.8. The summed E-state index contributed by atoms with van der Waals surface area (Å²) in [5.74, 6) is -0.636. The van der Waals surface area contributed by atoms with Crippen molar-refractivity contribution in [2.45, 2.75) is 52.4 Å². The van der Waals surface area contributed by atoms with Crippen molar-refractivity contribution in [2.75, 3.05) is 23.7 Å². The van der Waals surface area contributed by atoms with Crippen LogP contribution >= 0.6 is 23.2 Å². The summed E-state index contributed by atoms with van der Waals surface area (Å²) in [5, 5.41) is 3.50. The third-order valence-electron chi connectivity index (χ3n) is 5.82. The Hall–Kier alpha value is -2.50. The van der Waals surface area contributed by atoms with Gasteiger partial charge in [-0.1, -0.05) is 49.2 Å². The van der Waals surface area contributed by atoms with E-state index < -0.39 is 33.7 Å². The highest BCUT2D eigenvalue weighted by molar-refractivity contribution is 7.92. The van der Waals surface area contributed by atoms with Crippen molar-refractivity contribution in [3.05, 3.63) is 63.6 Å². The Bertz CT molecular complexity index is 1270. The lowest BCUT2D eigenvalue weighted by molar-refractivity contribution is -0.140. The van der Waals surface area contributed by atoms with Crippen LogP contribution in [0.5, 0.6) is 0 Å². The van der Waals surface area contributed by atoms with E-state index in [1.807, 2.05) is 13.8 Å². The highest BCUT2D eigenvalue weighted by Crippen LogP contribution is 2.32. The molecule has 13 heteroatoms. The van der Waals surface area contributed by atoms with Gasteiger partial charge in [0.2, 0.25) is 21.8 Å². The standard InChI is InChI=1S/C26H32Cl2F3N3O4S/c1-17(2)15-32-25(36)18(3)33(16-19-10-11-21(27)14-23(19)28)24(35)9-6-12-34(39(4,37)38)22-8-5-7-20(13-22)26(29,30)31/h5,7-8,10-11,13-14,17-18H,6,9,12,15-16H2,1-4H3,(H,32,36)/t18-/m1/s1. The Morgan fingerprint density at radius 3 is 2.28 bits per heavy atom. The van der Waals surface area contributed by atoms with Crippen LogP contribution in [-0.4, -0.2) is 50.5 Å². The van der Waals surface area contributed by atoms with Gasteiger partial charge in [0.05, 0.1) is 17.5 Å². The molecule has 0 saturated carbocycles. The maximum atomic E-state index is 13.3. The fourth-order valence-corrected chi connectivity index (χ4v) is 5.14. The van der Waals surface area contributed by atoms with Crippen LogP contribution < -0.4 is 9.62 Å². The summed E-state index contributed by atoms with van der Waals surface area (Å²) >= 11 is 12.3. The lowest BCUT2D eigenvalue weighted by Gasteiger charge is -2.30. The Kier molecular flexibility index (Phi) is 11.5. The molecule has 0 heterocycles. The molecule has 0 aliphatic carbocycles. The number of amides is 2. The van der Waals surface area contributed by atoms with Crippen LogP contribution in [0.3, 0.4) is 0 Å². The normalized spacial score (nSPS) is 12.8. The molecule has 2 rings (SSSR count). The Labute approximate surface area is 237 Å². The van der Waals surface area contributed by atoms with E-state index in [9.17, 15) is 31.2 Å². The Morgan fingerprint density at radius 1 is 1.05 bits per heavy atom. The van der Waals surface area contributed by atoms with Gasteiger partial charge in [0.15, 0.2) is 0 Å². The molecule has 0 spiro atoms. The SMILES string of the molecule is CC(C)CNC(=O)[C@@H](C)N(Cc1ccc(Cl)cc1Cl)C(=O)CCCN(c1cccc(C(F)(F)F)c1)S(C)(=O)=O. The van der Waals surface area contributed by atoms with E-state index in [1.54, 1.807) is 19.1 Å². The first-order valence-electron chi connectivity index (χ1n) is 12.2. The van der Waals surface area contributed by atoms with Crippen molar-refractivity contribution < 1.29 is 31.2 Å². The molecule has 0 unspecified atom stereocenters. The van der Waals surface area contributed by atoms with Gasteiger partial charge >= 0.3 is 6.18 Å². The van der Waals surface area contributed by atoms with Crippen LogP contribution in [0.25, 0.3) is 0 Å². The third-order valence-corrected chi connectivity index (χ3v) is 7.60. The molecule has 0 radical (unpaired) electrons. The molecule has 39 heavy (non-hydrogen) atoms. The van der Waals surface area contributed by atoms with E-state index in [2.05, 4.69) is 5.32 Å². The molecule has 216 valence electrons. The Balaban J connectivity index is 2.24. The highest BCUT2D eigenvalue weighted by Gasteiger charge is 2.32. The second-order valence-electron chi connectivity index (χ2n) is 9.56. The van der Waals surface area contributed by atoms with E-state index in [-0.39, 0.29) is 43.4 Å². The predicted octanol–water partition coefficient (Wildman–Crippen LogP) is 5.75. The van der Waals surface area contributed by atoms with E-state index in [0.717, 1.165) is 28.8 Å². The summed E-state index contributed by atoms with van der Waals surface area (Å²) in [6.45, 7) is 5.60. The number of hydrogen-bond donors (Lipinski definition) is 1. The second kappa shape index (κ2) is 13.7. The van der Waals surface area contributed by atoms with E-state index in [1.165, 1.54) is 17.0 Å². The number of halogens is 5. The van der Waals surface area contributed by atoms with Gasteiger partial charge in [0, 0.05) is 36.1 Å². The number of hydrogen-bond acceptors (Lipinski definition) is 4. The molecule has 2 amide bonds. The summed E-state index contributed by atoms with van der Waals surface area (Å²) < 4.78 is 65.2. The number of alkyl halides is 3. The molecular formula is C26H32Cl2F3N3O4S. The van der Waals surface area contributed by atoms with Gasteiger partial charge in [-0.3, -0.25) is 13.9 Å². The van der Waals surface area contributed by atoms with Crippen LogP contribution in [0.2, 0.25) is 10.0 Å². The van der Waals surface area contributed by atoms with Gasteiger partial charge in [0.25, 0.3) is 0 Å². The lowest BCUT2D eigenvalue weighted by Crippen LogP contribution is -2.48. The van der Waals surface area contributed by atoms with Gasteiger partial charge in [-0.15, -0.1) is 0 Å². The average Bonchev–Trinajstić information content (AvgIpc) is 2.83. The maximum absolute atomic E-state index is 13.3. The zero-order valence-electron chi connectivity index (χ0n) is 22.1. The van der Waals surface area contributed by atoms with Crippen LogP contribution in [0, 0.1) is 5.92 Å². The fraction of sp³-hybridized carbons (Fsp3) is 0.462. The number of carbonyl (C=O) groups is 2. The van der Waals surface area contributed by atoms with Gasteiger partial charge in [-0.05, 0) is 55.2 Å². The van der Waals surface area contributed by atoms with Crippen LogP contribution in [-0.2, 0) is 32.3 Å². The molecule has 0 aromatic heterocycles. The monoisotopic (exact) mass is 609 g/mol. The number of sulfonamides is 1. The molecule has 1 N–H and O–H groups in total. The van der Waals surface area contributed by atoms with Crippen molar-refractivity contribution >= 4 is 50.7 Å².